The average molecular weight is 571 g/mol. The van der Waals surface area contributed by atoms with Crippen LogP contribution in [0, 0.1) is 46.9 Å². The highest BCUT2D eigenvalue weighted by Gasteiger charge is 2.36. The minimum atomic E-state index is -4.28. The first-order valence-corrected chi connectivity index (χ1v) is 14.6. The first-order valence-electron chi connectivity index (χ1n) is 14.2. The molecular weight excluding hydrogens is 534 g/mol. The number of benzene rings is 2. The van der Waals surface area contributed by atoms with Crippen molar-refractivity contribution < 1.29 is 26.3 Å². The van der Waals surface area contributed by atoms with Crippen LogP contribution in [0.4, 0.5) is 26.3 Å². The molecule has 2 fully saturated rings. The average Bonchev–Trinajstić information content (AvgIpc) is 2.87. The summed E-state index contributed by atoms with van der Waals surface area (Å²) >= 11 is 4.76. The first-order chi connectivity index (χ1) is 18.6. The Hall–Kier alpha value is -1.95. The summed E-state index contributed by atoms with van der Waals surface area (Å²) in [5.74, 6) is -2.30. The van der Waals surface area contributed by atoms with Gasteiger partial charge < -0.3 is 0 Å². The first kappa shape index (κ1) is 30.0. The molecule has 2 aliphatic carbocycles. The minimum absolute atomic E-state index is 0.469. The fourth-order valence-electron chi connectivity index (χ4n) is 6.80. The third-order valence-electron chi connectivity index (χ3n) is 8.98. The Bertz CT molecular complexity index is 1090. The van der Waals surface area contributed by atoms with E-state index in [1.165, 1.54) is 63.5 Å². The Labute approximate surface area is 232 Å². The highest BCUT2D eigenvalue weighted by Crippen LogP contribution is 2.43. The van der Waals surface area contributed by atoms with Crippen molar-refractivity contribution in [1.29, 1.82) is 0 Å². The summed E-state index contributed by atoms with van der Waals surface area (Å²) in [5, 5.41) is -4.28. The van der Waals surface area contributed by atoms with Gasteiger partial charge in [0.05, 0.1) is 5.56 Å². The zero-order chi connectivity index (χ0) is 28.2. The van der Waals surface area contributed by atoms with Gasteiger partial charge in [-0.1, -0.05) is 37.8 Å². The molecule has 0 radical (unpaired) electrons. The molecule has 7 heteroatoms. The topological polar surface area (TPSA) is 0 Å². The summed E-state index contributed by atoms with van der Waals surface area (Å²) in [5.41, 5.74) is -2.33. The van der Waals surface area contributed by atoms with Gasteiger partial charge in [-0.15, -0.1) is 0 Å². The monoisotopic (exact) mass is 570 g/mol. The van der Waals surface area contributed by atoms with Crippen molar-refractivity contribution in [1.82, 2.24) is 0 Å². The number of aryl methyl sites for hydroxylation is 1. The van der Waals surface area contributed by atoms with Crippen molar-refractivity contribution in [3.63, 3.8) is 0 Å². The molecule has 0 nitrogen and oxygen atoms in total. The lowest BCUT2D eigenvalue weighted by Gasteiger charge is -2.38. The molecule has 0 atom stereocenters. The van der Waals surface area contributed by atoms with E-state index in [2.05, 4.69) is 19.1 Å². The molecule has 0 aliphatic heterocycles. The maximum Gasteiger partial charge on any atom is 0.353 e. The predicted octanol–water partition coefficient (Wildman–Crippen LogP) is 11.1. The molecule has 0 aromatic heterocycles. The SMILES string of the molecule is CC=CCCC1CCC(C2CCC(CCc3cc(F)c(-c4cc(F)c(C(F)(F)Cl)c(F)c4)c(F)c3)CC2)CC1. The lowest BCUT2D eigenvalue weighted by Crippen LogP contribution is -2.26. The highest BCUT2D eigenvalue weighted by atomic mass is 35.5. The molecule has 214 valence electrons. The number of rotatable bonds is 9. The molecule has 0 heterocycles. The van der Waals surface area contributed by atoms with E-state index in [1.807, 2.05) is 0 Å². The number of halogens is 7. The van der Waals surface area contributed by atoms with Crippen LogP contribution in [0.1, 0.15) is 88.7 Å². The normalized spacial score (nSPS) is 24.4. The number of hydrogen-bond donors (Lipinski definition) is 0. The summed E-state index contributed by atoms with van der Waals surface area (Å²) in [4.78, 5) is 0. The molecule has 0 spiro atoms. The lowest BCUT2D eigenvalue weighted by molar-refractivity contribution is 0.0859. The van der Waals surface area contributed by atoms with E-state index in [1.54, 1.807) is 0 Å². The minimum Gasteiger partial charge on any atom is -0.206 e. The van der Waals surface area contributed by atoms with E-state index in [0.717, 1.165) is 37.0 Å². The highest BCUT2D eigenvalue weighted by molar-refractivity contribution is 6.21. The second-order valence-electron chi connectivity index (χ2n) is 11.5. The van der Waals surface area contributed by atoms with Crippen LogP contribution in [0.2, 0.25) is 0 Å². The standard InChI is InChI=1S/C32H37ClF6/c1-2-3-4-5-20-8-12-23(13-9-20)24-14-10-21(11-15-24)6-7-22-16-26(34)30(27(35)17-22)25-18-28(36)31(29(37)19-25)32(33,38)39/h2-3,16-21,23-24H,4-15H2,1H3. The molecule has 0 amide bonds. The van der Waals surface area contributed by atoms with Crippen molar-refractivity contribution in [2.45, 2.75) is 89.4 Å². The summed E-state index contributed by atoms with van der Waals surface area (Å²) < 4.78 is 84.5. The van der Waals surface area contributed by atoms with Gasteiger partial charge in [0.1, 0.15) is 28.8 Å². The Morgan fingerprint density at radius 2 is 1.23 bits per heavy atom. The van der Waals surface area contributed by atoms with E-state index >= 15 is 0 Å². The van der Waals surface area contributed by atoms with Crippen molar-refractivity contribution in [3.8, 4) is 11.1 Å². The van der Waals surface area contributed by atoms with Gasteiger partial charge in [0.15, 0.2) is 0 Å². The Morgan fingerprint density at radius 1 is 0.744 bits per heavy atom. The molecular formula is C32H37ClF6. The Kier molecular flexibility index (Phi) is 10.1. The van der Waals surface area contributed by atoms with E-state index in [-0.39, 0.29) is 0 Å². The van der Waals surface area contributed by atoms with Gasteiger partial charge >= 0.3 is 5.38 Å². The molecule has 4 rings (SSSR count). The number of allylic oxidation sites excluding steroid dienone is 2. The fourth-order valence-corrected chi connectivity index (χ4v) is 6.98. The van der Waals surface area contributed by atoms with Crippen LogP contribution in [-0.4, -0.2) is 0 Å². The zero-order valence-corrected chi connectivity index (χ0v) is 23.2. The second kappa shape index (κ2) is 13.1. The third kappa shape index (κ3) is 7.62. The van der Waals surface area contributed by atoms with Gasteiger partial charge in [0.2, 0.25) is 0 Å². The quantitative estimate of drug-likeness (QED) is 0.160. The summed E-state index contributed by atoms with van der Waals surface area (Å²) in [7, 11) is 0. The molecule has 0 unspecified atom stereocenters. The smallest absolute Gasteiger partial charge is 0.206 e. The van der Waals surface area contributed by atoms with Crippen LogP contribution < -0.4 is 0 Å². The van der Waals surface area contributed by atoms with Crippen LogP contribution in [0.15, 0.2) is 36.4 Å². The van der Waals surface area contributed by atoms with Crippen molar-refractivity contribution in [2.75, 3.05) is 0 Å². The molecule has 2 aromatic rings. The van der Waals surface area contributed by atoms with E-state index < -0.39 is 45.3 Å². The largest absolute Gasteiger partial charge is 0.353 e. The van der Waals surface area contributed by atoms with Gasteiger partial charge in [-0.2, -0.15) is 8.78 Å². The molecule has 2 aliphatic rings. The van der Waals surface area contributed by atoms with Gasteiger partial charge in [-0.25, -0.2) is 17.6 Å². The third-order valence-corrected chi connectivity index (χ3v) is 9.17. The van der Waals surface area contributed by atoms with Gasteiger partial charge in [-0.3, -0.25) is 0 Å². The van der Waals surface area contributed by atoms with Crippen LogP contribution >= 0.6 is 11.6 Å². The molecule has 2 saturated carbocycles. The molecule has 0 saturated heterocycles. The van der Waals surface area contributed by atoms with Crippen LogP contribution in [-0.2, 0) is 11.8 Å². The number of hydrogen-bond acceptors (Lipinski definition) is 0. The van der Waals surface area contributed by atoms with Gasteiger partial charge in [-0.05, 0) is 129 Å². The van der Waals surface area contributed by atoms with Crippen LogP contribution in [0.25, 0.3) is 11.1 Å². The second-order valence-corrected chi connectivity index (χ2v) is 12.0. The summed E-state index contributed by atoms with van der Waals surface area (Å²) in [6.45, 7) is 2.07. The predicted molar refractivity (Wildman–Crippen MR) is 145 cm³/mol. The summed E-state index contributed by atoms with van der Waals surface area (Å²) in [6.07, 6.45) is 18.3. The molecule has 0 N–H and O–H groups in total. The van der Waals surface area contributed by atoms with Crippen LogP contribution in [0.5, 0.6) is 0 Å². The van der Waals surface area contributed by atoms with Gasteiger partial charge in [0.25, 0.3) is 0 Å². The molecule has 2 aromatic carbocycles. The van der Waals surface area contributed by atoms with Gasteiger partial charge in [0, 0.05) is 0 Å². The van der Waals surface area contributed by atoms with E-state index in [0.29, 0.717) is 30.0 Å². The Morgan fingerprint density at radius 3 is 1.69 bits per heavy atom. The van der Waals surface area contributed by atoms with Crippen molar-refractivity contribution in [2.24, 2.45) is 23.7 Å². The summed E-state index contributed by atoms with van der Waals surface area (Å²) in [6, 6.07) is 3.28. The maximum atomic E-state index is 14.9. The van der Waals surface area contributed by atoms with Crippen molar-refractivity contribution >= 4 is 11.6 Å². The van der Waals surface area contributed by atoms with E-state index in [9.17, 15) is 26.3 Å². The lowest BCUT2D eigenvalue weighted by atomic mass is 9.68. The maximum absolute atomic E-state index is 14.9. The fraction of sp³-hybridized carbons (Fsp3) is 0.562. The number of alkyl halides is 3. The van der Waals surface area contributed by atoms with E-state index in [4.69, 9.17) is 11.6 Å². The molecule has 39 heavy (non-hydrogen) atoms. The van der Waals surface area contributed by atoms with Crippen molar-refractivity contribution in [3.05, 3.63) is 70.8 Å². The van der Waals surface area contributed by atoms with Crippen LogP contribution in [0.3, 0.4) is 0 Å². The molecule has 0 bridgehead atoms. The Balaban J connectivity index is 1.30. The zero-order valence-electron chi connectivity index (χ0n) is 22.4.